The van der Waals surface area contributed by atoms with E-state index in [1.807, 2.05) is 0 Å². The summed E-state index contributed by atoms with van der Waals surface area (Å²) < 4.78 is 25.8. The second-order valence-electron chi connectivity index (χ2n) is 5.03. The van der Waals surface area contributed by atoms with E-state index < -0.39 is 11.7 Å². The van der Waals surface area contributed by atoms with Gasteiger partial charge in [-0.3, -0.25) is 4.79 Å². The fraction of sp³-hybridized carbons (Fsp3) is 0.118. The molecule has 25 heavy (non-hydrogen) atoms. The number of carbonyl (C=O) groups is 1. The van der Waals surface area contributed by atoms with Crippen molar-refractivity contribution in [3.8, 4) is 17.2 Å². The third kappa shape index (κ3) is 3.42. The van der Waals surface area contributed by atoms with Crippen LogP contribution in [0.1, 0.15) is 10.4 Å². The number of carbonyl (C=O) groups excluding carboxylic acids is 1. The molecule has 0 unspecified atom stereocenters. The van der Waals surface area contributed by atoms with Crippen molar-refractivity contribution in [3.63, 3.8) is 0 Å². The van der Waals surface area contributed by atoms with Gasteiger partial charge >= 0.3 is 0 Å². The molecule has 0 saturated heterocycles. The summed E-state index contributed by atoms with van der Waals surface area (Å²) >= 11 is 0. The van der Waals surface area contributed by atoms with E-state index in [1.165, 1.54) is 43.7 Å². The van der Waals surface area contributed by atoms with Crippen LogP contribution in [0.4, 0.5) is 10.1 Å². The number of halogens is 1. The predicted octanol–water partition coefficient (Wildman–Crippen LogP) is 2.68. The number of methoxy groups -OCH3 is 2. The van der Waals surface area contributed by atoms with Gasteiger partial charge in [-0.1, -0.05) is 0 Å². The van der Waals surface area contributed by atoms with Gasteiger partial charge in [-0.25, -0.2) is 14.1 Å². The van der Waals surface area contributed by atoms with Crippen molar-refractivity contribution in [1.82, 2.24) is 14.8 Å². The summed E-state index contributed by atoms with van der Waals surface area (Å²) in [6.07, 6.45) is 2.70. The molecule has 0 spiro atoms. The van der Waals surface area contributed by atoms with Gasteiger partial charge in [0.15, 0.2) is 5.82 Å². The number of anilines is 1. The smallest absolute Gasteiger partial charge is 0.259 e. The number of nitrogens with zero attached hydrogens (tertiary/aromatic N) is 3. The fourth-order valence-corrected chi connectivity index (χ4v) is 2.29. The van der Waals surface area contributed by atoms with Crippen LogP contribution in [0.25, 0.3) is 5.69 Å². The minimum atomic E-state index is -0.537. The van der Waals surface area contributed by atoms with E-state index in [2.05, 4.69) is 15.4 Å². The minimum Gasteiger partial charge on any atom is -0.497 e. The van der Waals surface area contributed by atoms with Gasteiger partial charge in [0.05, 0.1) is 19.8 Å². The zero-order valence-corrected chi connectivity index (χ0v) is 13.6. The molecule has 0 saturated carbocycles. The van der Waals surface area contributed by atoms with Crippen molar-refractivity contribution in [2.24, 2.45) is 0 Å². The molecular formula is C17H15FN4O3. The van der Waals surface area contributed by atoms with Crippen molar-refractivity contribution >= 4 is 11.6 Å². The Morgan fingerprint density at radius 2 is 2.00 bits per heavy atom. The van der Waals surface area contributed by atoms with E-state index in [0.29, 0.717) is 22.7 Å². The highest BCUT2D eigenvalue weighted by Crippen LogP contribution is 2.26. The molecule has 1 amide bonds. The molecule has 0 radical (unpaired) electrons. The molecule has 128 valence electrons. The second-order valence-corrected chi connectivity index (χ2v) is 5.03. The lowest BCUT2D eigenvalue weighted by molar-refractivity contribution is 0.102. The highest BCUT2D eigenvalue weighted by Gasteiger charge is 2.15. The van der Waals surface area contributed by atoms with E-state index in [-0.39, 0.29) is 5.69 Å². The van der Waals surface area contributed by atoms with E-state index in [0.717, 1.165) is 0 Å². The summed E-state index contributed by atoms with van der Waals surface area (Å²) in [6.45, 7) is 0. The molecule has 3 aromatic rings. The van der Waals surface area contributed by atoms with Gasteiger partial charge in [0.25, 0.3) is 5.91 Å². The average molecular weight is 342 g/mol. The molecule has 1 heterocycles. The zero-order valence-electron chi connectivity index (χ0n) is 13.6. The molecule has 1 aromatic heterocycles. The van der Waals surface area contributed by atoms with Crippen molar-refractivity contribution < 1.29 is 18.7 Å². The molecule has 0 bridgehead atoms. The summed E-state index contributed by atoms with van der Waals surface area (Å²) in [4.78, 5) is 16.2. The second kappa shape index (κ2) is 7.00. The Labute approximate surface area is 143 Å². The number of amides is 1. The van der Waals surface area contributed by atoms with Gasteiger partial charge in [0.1, 0.15) is 29.8 Å². The van der Waals surface area contributed by atoms with Crippen molar-refractivity contribution in [2.45, 2.75) is 0 Å². The Morgan fingerprint density at radius 3 is 2.64 bits per heavy atom. The summed E-state index contributed by atoms with van der Waals surface area (Å²) in [6, 6.07) is 9.12. The van der Waals surface area contributed by atoms with E-state index in [9.17, 15) is 9.18 Å². The number of aromatic nitrogens is 3. The molecule has 1 N–H and O–H groups in total. The lowest BCUT2D eigenvalue weighted by Crippen LogP contribution is -2.13. The van der Waals surface area contributed by atoms with Crippen molar-refractivity contribution in [1.29, 1.82) is 0 Å². The summed E-state index contributed by atoms with van der Waals surface area (Å²) in [5, 5.41) is 6.51. The van der Waals surface area contributed by atoms with Crippen LogP contribution < -0.4 is 14.8 Å². The number of nitrogens with one attached hydrogen (secondary N) is 1. The summed E-state index contributed by atoms with van der Waals surface area (Å²) in [7, 11) is 2.98. The summed E-state index contributed by atoms with van der Waals surface area (Å²) in [5.74, 6) is -0.0365. The highest BCUT2D eigenvalue weighted by atomic mass is 19.1. The monoisotopic (exact) mass is 342 g/mol. The predicted molar refractivity (Wildman–Crippen MR) is 88.8 cm³/mol. The van der Waals surface area contributed by atoms with Crippen LogP contribution in [0.15, 0.2) is 49.1 Å². The molecule has 0 aliphatic carbocycles. The number of ether oxygens (including phenoxy) is 2. The Kier molecular flexibility index (Phi) is 4.60. The number of rotatable bonds is 5. The Hall–Kier alpha value is -3.42. The van der Waals surface area contributed by atoms with Crippen LogP contribution in [0.2, 0.25) is 0 Å². The van der Waals surface area contributed by atoms with E-state index >= 15 is 0 Å². The Morgan fingerprint density at radius 1 is 1.16 bits per heavy atom. The van der Waals surface area contributed by atoms with Crippen LogP contribution in [0.5, 0.6) is 11.5 Å². The zero-order chi connectivity index (χ0) is 17.8. The lowest BCUT2D eigenvalue weighted by Gasteiger charge is -2.11. The van der Waals surface area contributed by atoms with Crippen LogP contribution in [-0.2, 0) is 0 Å². The first-order chi connectivity index (χ1) is 12.1. The quantitative estimate of drug-likeness (QED) is 0.771. The summed E-state index contributed by atoms with van der Waals surface area (Å²) in [5.41, 5.74) is 0.853. The Bertz CT molecular complexity index is 897. The highest BCUT2D eigenvalue weighted by molar-refractivity contribution is 6.06. The van der Waals surface area contributed by atoms with Crippen molar-refractivity contribution in [2.75, 3.05) is 19.5 Å². The Balaban J connectivity index is 1.83. The van der Waals surface area contributed by atoms with Gasteiger partial charge in [-0.2, -0.15) is 5.10 Å². The van der Waals surface area contributed by atoms with Crippen molar-refractivity contribution in [3.05, 3.63) is 60.4 Å². The SMILES string of the molecule is COc1ccc(C(=O)Nc2ccc(-n3cncn3)c(F)c2)c(OC)c1. The van der Waals surface area contributed by atoms with Crippen LogP contribution in [-0.4, -0.2) is 34.9 Å². The molecule has 0 aliphatic rings. The number of hydrogen-bond acceptors (Lipinski definition) is 5. The molecule has 2 aromatic carbocycles. The van der Waals surface area contributed by atoms with E-state index in [4.69, 9.17) is 9.47 Å². The van der Waals surface area contributed by atoms with Gasteiger partial charge in [0.2, 0.25) is 0 Å². The van der Waals surface area contributed by atoms with Gasteiger partial charge in [0, 0.05) is 11.8 Å². The van der Waals surface area contributed by atoms with Gasteiger partial charge < -0.3 is 14.8 Å². The maximum Gasteiger partial charge on any atom is 0.259 e. The third-order valence-electron chi connectivity index (χ3n) is 3.52. The molecule has 0 fully saturated rings. The number of hydrogen-bond donors (Lipinski definition) is 1. The topological polar surface area (TPSA) is 78.3 Å². The first-order valence-corrected chi connectivity index (χ1v) is 7.30. The number of benzene rings is 2. The molecule has 7 nitrogen and oxygen atoms in total. The van der Waals surface area contributed by atoms with Gasteiger partial charge in [-0.05, 0) is 30.3 Å². The lowest BCUT2D eigenvalue weighted by atomic mass is 10.1. The maximum atomic E-state index is 14.2. The van der Waals surface area contributed by atoms with Crippen LogP contribution in [0.3, 0.4) is 0 Å². The normalized spacial score (nSPS) is 10.4. The molecule has 0 aliphatic heterocycles. The molecular weight excluding hydrogens is 327 g/mol. The molecule has 0 atom stereocenters. The average Bonchev–Trinajstić information content (AvgIpc) is 3.15. The standard InChI is InChI=1S/C17H15FN4O3/c1-24-12-4-5-13(16(8-12)25-2)17(23)21-11-3-6-15(14(18)7-11)22-10-19-9-20-22/h3-10H,1-2H3,(H,21,23). The van der Waals surface area contributed by atoms with Gasteiger partial charge in [-0.15, -0.1) is 0 Å². The fourth-order valence-electron chi connectivity index (χ4n) is 2.29. The molecule has 8 heteroatoms. The first kappa shape index (κ1) is 16.4. The van der Waals surface area contributed by atoms with Crippen LogP contribution >= 0.6 is 0 Å². The van der Waals surface area contributed by atoms with Crippen LogP contribution in [0, 0.1) is 5.82 Å². The maximum absolute atomic E-state index is 14.2. The first-order valence-electron chi connectivity index (χ1n) is 7.30. The largest absolute Gasteiger partial charge is 0.497 e. The molecule has 3 rings (SSSR count). The third-order valence-corrected chi connectivity index (χ3v) is 3.52. The minimum absolute atomic E-state index is 0.234. The van der Waals surface area contributed by atoms with E-state index in [1.54, 1.807) is 24.3 Å².